The van der Waals surface area contributed by atoms with Crippen molar-refractivity contribution >= 4 is 33.2 Å². The molecular weight excluding hydrogens is 700 g/mol. The molecular formula is C40H55ClN4O6S. The molecule has 0 radical (unpaired) electrons. The van der Waals surface area contributed by atoms with E-state index >= 15 is 0 Å². The van der Waals surface area contributed by atoms with E-state index in [0.29, 0.717) is 56.4 Å². The van der Waals surface area contributed by atoms with Gasteiger partial charge in [0.15, 0.2) is 0 Å². The van der Waals surface area contributed by atoms with Gasteiger partial charge in [0.1, 0.15) is 5.75 Å². The highest BCUT2D eigenvalue weighted by atomic mass is 35.5. The Morgan fingerprint density at radius 3 is 2.71 bits per heavy atom. The molecule has 7 atom stereocenters. The fourth-order valence-corrected chi connectivity index (χ4v) is 12.0. The molecule has 10 nitrogen and oxygen atoms in total. The van der Waals surface area contributed by atoms with Crippen LogP contribution < -0.4 is 14.4 Å². The molecule has 12 heteroatoms. The second-order valence-corrected chi connectivity index (χ2v) is 19.2. The van der Waals surface area contributed by atoms with Crippen molar-refractivity contribution in [2.24, 2.45) is 23.7 Å². The molecule has 2 N–H and O–H groups in total. The molecule has 2 aromatic carbocycles. The molecule has 8 rings (SSSR count). The number of β-amino-alcohol motifs (C(OH)–C–C–N with tert-alkyl or cyclic N) is 1. The van der Waals surface area contributed by atoms with Crippen LogP contribution in [0.3, 0.4) is 0 Å². The third-order valence-electron chi connectivity index (χ3n) is 13.6. The molecule has 1 saturated carbocycles. The van der Waals surface area contributed by atoms with Gasteiger partial charge in [0.05, 0.1) is 36.9 Å². The number of piperazine rings is 1. The van der Waals surface area contributed by atoms with Crippen molar-refractivity contribution in [2.45, 2.75) is 75.9 Å². The highest BCUT2D eigenvalue weighted by molar-refractivity contribution is 7.90. The summed E-state index contributed by atoms with van der Waals surface area (Å²) >= 11 is 6.49. The average Bonchev–Trinajstić information content (AvgIpc) is 3.24. The van der Waals surface area contributed by atoms with E-state index in [1.54, 1.807) is 6.07 Å². The summed E-state index contributed by atoms with van der Waals surface area (Å²) in [4.78, 5) is 20.9. The summed E-state index contributed by atoms with van der Waals surface area (Å²) in [5.74, 6) is 0.119. The Balaban J connectivity index is 1.16. The molecule has 1 amide bonds. The maximum Gasteiger partial charge on any atom is 0.264 e. The zero-order valence-corrected chi connectivity index (χ0v) is 32.3. The van der Waals surface area contributed by atoms with Crippen molar-refractivity contribution in [2.75, 3.05) is 76.3 Å². The molecule has 1 unspecified atom stereocenters. The first-order chi connectivity index (χ1) is 24.9. The minimum absolute atomic E-state index is 0.0431. The number of benzene rings is 2. The number of anilines is 1. The zero-order chi connectivity index (χ0) is 36.3. The van der Waals surface area contributed by atoms with Crippen LogP contribution in [0, 0.1) is 23.7 Å². The Labute approximate surface area is 314 Å². The lowest BCUT2D eigenvalue weighted by molar-refractivity contribution is -0.121. The van der Waals surface area contributed by atoms with E-state index in [2.05, 4.69) is 38.5 Å². The van der Waals surface area contributed by atoms with Crippen molar-refractivity contribution in [1.29, 1.82) is 0 Å². The summed E-state index contributed by atoms with van der Waals surface area (Å²) in [6, 6.07) is 11.9. The van der Waals surface area contributed by atoms with Gasteiger partial charge in [-0.2, -0.15) is 0 Å². The van der Waals surface area contributed by atoms with Crippen LogP contribution in [0.4, 0.5) is 5.69 Å². The highest BCUT2D eigenvalue weighted by Gasteiger charge is 2.50. The SMILES string of the molecule is C[C@@H]1CS(=O)(=O)NC(=O)c2ccc3c(c2)N(C[C@@H]2CC[C@H]2[C@](O)(CN2CCN4CCOC[C@@H]4C2)CC[C@@H]1C)CC1(CCCc2cc(Cl)ccc21)CO3. The van der Waals surface area contributed by atoms with Crippen LogP contribution >= 0.6 is 11.6 Å². The molecule has 2 saturated heterocycles. The van der Waals surface area contributed by atoms with E-state index in [1.165, 1.54) is 11.1 Å². The van der Waals surface area contributed by atoms with Gasteiger partial charge < -0.3 is 19.5 Å². The van der Waals surface area contributed by atoms with Crippen LogP contribution in [0.5, 0.6) is 5.75 Å². The molecule has 52 heavy (non-hydrogen) atoms. The molecule has 284 valence electrons. The van der Waals surface area contributed by atoms with Crippen LogP contribution in [-0.2, 0) is 26.6 Å². The lowest BCUT2D eigenvalue weighted by atomic mass is 9.62. The van der Waals surface area contributed by atoms with E-state index < -0.39 is 21.5 Å². The Morgan fingerprint density at radius 2 is 1.88 bits per heavy atom. The number of ether oxygens (including phenoxy) is 2. The molecule has 2 aliphatic carbocycles. The van der Waals surface area contributed by atoms with Gasteiger partial charge in [-0.05, 0) is 110 Å². The van der Waals surface area contributed by atoms with Crippen LogP contribution in [-0.4, -0.2) is 112 Å². The first kappa shape index (κ1) is 36.6. The number of aliphatic hydroxyl groups is 1. The number of halogens is 1. The van der Waals surface area contributed by atoms with Crippen LogP contribution in [0.25, 0.3) is 0 Å². The second-order valence-electron chi connectivity index (χ2n) is 17.0. The maximum absolute atomic E-state index is 13.6. The van der Waals surface area contributed by atoms with Crippen molar-refractivity contribution in [3.05, 3.63) is 58.1 Å². The number of rotatable bonds is 2. The predicted octanol–water partition coefficient (Wildman–Crippen LogP) is 4.71. The van der Waals surface area contributed by atoms with Gasteiger partial charge in [0.2, 0.25) is 10.0 Å². The van der Waals surface area contributed by atoms with Crippen molar-refractivity contribution in [3.8, 4) is 5.75 Å². The molecule has 4 aliphatic heterocycles. The predicted molar refractivity (Wildman–Crippen MR) is 203 cm³/mol. The summed E-state index contributed by atoms with van der Waals surface area (Å²) in [5, 5.41) is 13.7. The van der Waals surface area contributed by atoms with Gasteiger partial charge in [-0.15, -0.1) is 0 Å². The number of morpholine rings is 1. The van der Waals surface area contributed by atoms with E-state index in [0.717, 1.165) is 82.2 Å². The summed E-state index contributed by atoms with van der Waals surface area (Å²) in [5.41, 5.74) is 2.42. The lowest BCUT2D eigenvalue weighted by Gasteiger charge is -2.53. The number of carbonyl (C=O) groups is 1. The van der Waals surface area contributed by atoms with E-state index in [1.807, 2.05) is 25.1 Å². The van der Waals surface area contributed by atoms with Crippen LogP contribution in [0.15, 0.2) is 36.4 Å². The minimum atomic E-state index is -3.90. The van der Waals surface area contributed by atoms with Gasteiger partial charge in [0, 0.05) is 67.9 Å². The van der Waals surface area contributed by atoms with Crippen molar-refractivity contribution in [1.82, 2.24) is 14.5 Å². The first-order valence-electron chi connectivity index (χ1n) is 19.5. The topological polar surface area (TPSA) is 112 Å². The smallest absolute Gasteiger partial charge is 0.264 e. The monoisotopic (exact) mass is 754 g/mol. The normalized spacial score (nSPS) is 35.6. The van der Waals surface area contributed by atoms with Crippen molar-refractivity contribution < 1.29 is 27.8 Å². The van der Waals surface area contributed by atoms with E-state index in [9.17, 15) is 18.3 Å². The number of amides is 1. The number of hydrogen-bond acceptors (Lipinski definition) is 9. The Bertz CT molecular complexity index is 1780. The fraction of sp³-hybridized carbons (Fsp3) is 0.675. The maximum atomic E-state index is 13.6. The Hall–Kier alpha value is -2.41. The standard InChI is InChI=1S/C40H55ClN4O6S/c1-27-11-13-40(47,25-43-14-15-44-16-17-50-22-33(44)21-43)35-8-5-31(35)20-45-24-39(12-3-4-29-18-32(41)7-9-34(29)39)26-51-37-10-6-30(19-36(37)45)38(46)42-52(48,49)23-28(27)2/h6-7,9-10,18-19,27-28,31,33,35,47H,3-5,8,11-17,20-26H2,1-2H3,(H,42,46)/t27-,28+,31-,33-,35+,39?,40+/m0/s1. The van der Waals surface area contributed by atoms with Gasteiger partial charge >= 0.3 is 0 Å². The fourth-order valence-electron chi connectivity index (χ4n) is 10.3. The van der Waals surface area contributed by atoms with Gasteiger partial charge in [-0.1, -0.05) is 31.5 Å². The Morgan fingerprint density at radius 1 is 1.02 bits per heavy atom. The zero-order valence-electron chi connectivity index (χ0n) is 30.7. The van der Waals surface area contributed by atoms with Crippen LogP contribution in [0.1, 0.15) is 73.9 Å². The molecule has 0 aromatic heterocycles. The minimum Gasteiger partial charge on any atom is -0.490 e. The number of nitrogens with one attached hydrogen (secondary N) is 1. The summed E-state index contributed by atoms with van der Waals surface area (Å²) < 4.78 is 41.7. The van der Waals surface area contributed by atoms with Gasteiger partial charge in [-0.3, -0.25) is 14.6 Å². The average molecular weight is 755 g/mol. The molecule has 2 bridgehead atoms. The second kappa shape index (κ2) is 14.3. The molecule has 2 aromatic rings. The number of nitrogens with zero attached hydrogens (tertiary/aromatic N) is 3. The quantitative estimate of drug-likeness (QED) is 0.451. The summed E-state index contributed by atoms with van der Waals surface area (Å²) in [7, 11) is -3.90. The van der Waals surface area contributed by atoms with Gasteiger partial charge in [-0.25, -0.2) is 13.1 Å². The summed E-state index contributed by atoms with van der Waals surface area (Å²) in [6.07, 6.45) is 6.25. The molecule has 1 spiro atoms. The number of hydrogen-bond donors (Lipinski definition) is 2. The molecule has 3 fully saturated rings. The number of fused-ring (bicyclic) bond motifs is 5. The Kier molecular flexibility index (Phi) is 10.1. The molecule has 6 aliphatic rings. The number of sulfonamides is 1. The summed E-state index contributed by atoms with van der Waals surface area (Å²) in [6.45, 7) is 11.8. The van der Waals surface area contributed by atoms with Crippen molar-refractivity contribution in [3.63, 3.8) is 0 Å². The molecule has 4 heterocycles. The van der Waals surface area contributed by atoms with Crippen LogP contribution in [0.2, 0.25) is 5.02 Å². The van der Waals surface area contributed by atoms with E-state index in [4.69, 9.17) is 21.1 Å². The van der Waals surface area contributed by atoms with E-state index in [-0.39, 0.29) is 34.8 Å². The van der Waals surface area contributed by atoms with Gasteiger partial charge in [0.25, 0.3) is 5.91 Å². The number of aryl methyl sites for hydroxylation is 1. The third-order valence-corrected chi connectivity index (χ3v) is 15.3. The highest BCUT2D eigenvalue weighted by Crippen LogP contribution is 2.49. The largest absolute Gasteiger partial charge is 0.490 e. The third kappa shape index (κ3) is 7.22. The lowest BCUT2D eigenvalue weighted by Crippen LogP contribution is -2.62. The number of carbonyl (C=O) groups excluding carboxylic acids is 1. The first-order valence-corrected chi connectivity index (χ1v) is 21.6.